The molecular weight excluding hydrogens is 239 g/mol. The Kier molecular flexibility index (Phi) is 4.10. The number of nitrogens with zero attached hydrogens (tertiary/aromatic N) is 2. The van der Waals surface area contributed by atoms with E-state index in [9.17, 15) is 13.2 Å². The maximum atomic E-state index is 11.8. The van der Waals surface area contributed by atoms with E-state index in [0.29, 0.717) is 5.89 Å². The van der Waals surface area contributed by atoms with Crippen molar-refractivity contribution >= 4 is 0 Å². The van der Waals surface area contributed by atoms with Crippen molar-refractivity contribution in [2.75, 3.05) is 13.7 Å². The van der Waals surface area contributed by atoms with Crippen LogP contribution in [0.5, 0.6) is 0 Å². The van der Waals surface area contributed by atoms with Gasteiger partial charge in [-0.1, -0.05) is 5.16 Å². The van der Waals surface area contributed by atoms with Gasteiger partial charge in [0.05, 0.1) is 5.54 Å². The molecule has 8 heteroatoms. The molecule has 1 heterocycles. The van der Waals surface area contributed by atoms with Gasteiger partial charge in [-0.3, -0.25) is 0 Å². The molecule has 0 spiro atoms. The molecule has 0 atom stereocenters. The van der Waals surface area contributed by atoms with Crippen LogP contribution >= 0.6 is 0 Å². The molecule has 1 N–H and O–H groups in total. The fraction of sp³-hybridized carbons (Fsp3) is 0.778. The number of ether oxygens (including phenoxy) is 1. The summed E-state index contributed by atoms with van der Waals surface area (Å²) >= 11 is 0. The Hall–Kier alpha value is -1.15. The van der Waals surface area contributed by atoms with Crippen molar-refractivity contribution in [1.82, 2.24) is 15.5 Å². The van der Waals surface area contributed by atoms with Crippen LogP contribution in [0, 0.1) is 0 Å². The van der Waals surface area contributed by atoms with E-state index in [1.54, 1.807) is 20.9 Å². The summed E-state index contributed by atoms with van der Waals surface area (Å²) in [5.74, 6) is 0.387. The molecule has 17 heavy (non-hydrogen) atoms. The number of halogens is 3. The molecule has 0 radical (unpaired) electrons. The molecule has 0 saturated heterocycles. The molecule has 0 saturated carbocycles. The number of aromatic nitrogens is 2. The molecule has 1 aromatic heterocycles. The van der Waals surface area contributed by atoms with E-state index >= 15 is 0 Å². The Morgan fingerprint density at radius 3 is 2.53 bits per heavy atom. The summed E-state index contributed by atoms with van der Waals surface area (Å²) in [6.45, 7) is 1.96. The lowest BCUT2D eigenvalue weighted by Crippen LogP contribution is -2.33. The van der Waals surface area contributed by atoms with Crippen LogP contribution in [0.1, 0.15) is 25.6 Å². The Morgan fingerprint density at radius 1 is 1.35 bits per heavy atom. The molecule has 0 bridgehead atoms. The maximum absolute atomic E-state index is 11.8. The van der Waals surface area contributed by atoms with Gasteiger partial charge in [-0.15, -0.1) is 0 Å². The summed E-state index contributed by atoms with van der Waals surface area (Å²) in [4.78, 5) is 3.94. The summed E-state index contributed by atoms with van der Waals surface area (Å²) < 4.78 is 44.8. The van der Waals surface area contributed by atoms with Crippen LogP contribution in [0.25, 0.3) is 0 Å². The van der Waals surface area contributed by atoms with Crippen molar-refractivity contribution in [3.63, 3.8) is 0 Å². The zero-order valence-electron chi connectivity index (χ0n) is 9.76. The third kappa shape index (κ3) is 4.31. The quantitative estimate of drug-likeness (QED) is 0.863. The van der Waals surface area contributed by atoms with Gasteiger partial charge in [-0.25, -0.2) is 0 Å². The summed E-state index contributed by atoms with van der Waals surface area (Å²) in [6.07, 6.45) is -4.35. The molecule has 0 aromatic carbocycles. The Balaban J connectivity index is 2.52. The highest BCUT2D eigenvalue weighted by Gasteiger charge is 2.28. The van der Waals surface area contributed by atoms with E-state index in [2.05, 4.69) is 20.2 Å². The first-order valence-electron chi connectivity index (χ1n) is 4.91. The molecule has 1 aromatic rings. The van der Waals surface area contributed by atoms with E-state index in [1.807, 2.05) is 0 Å². The lowest BCUT2D eigenvalue weighted by Gasteiger charge is -2.17. The van der Waals surface area contributed by atoms with Crippen molar-refractivity contribution in [1.29, 1.82) is 0 Å². The lowest BCUT2D eigenvalue weighted by molar-refractivity contribution is -0.177. The fourth-order valence-electron chi connectivity index (χ4n) is 0.931. The van der Waals surface area contributed by atoms with E-state index in [-0.39, 0.29) is 12.4 Å². The molecular formula is C9H14F3N3O2. The maximum Gasteiger partial charge on any atom is 0.411 e. The largest absolute Gasteiger partial charge is 0.411 e. The molecule has 0 aliphatic carbocycles. The monoisotopic (exact) mass is 253 g/mol. The molecule has 98 valence electrons. The zero-order chi connectivity index (χ0) is 13.1. The smallest absolute Gasteiger partial charge is 0.364 e. The number of hydrogen-bond donors (Lipinski definition) is 1. The molecule has 0 amide bonds. The molecule has 0 fully saturated rings. The average Bonchev–Trinajstić information content (AvgIpc) is 2.65. The highest BCUT2D eigenvalue weighted by Crippen LogP contribution is 2.18. The predicted octanol–water partition coefficient (Wildman–Crippen LogP) is 1.60. The van der Waals surface area contributed by atoms with Crippen LogP contribution in [-0.4, -0.2) is 30.0 Å². The van der Waals surface area contributed by atoms with Crippen LogP contribution in [0.4, 0.5) is 13.2 Å². The molecule has 5 nitrogen and oxygen atoms in total. The first-order chi connectivity index (χ1) is 7.74. The van der Waals surface area contributed by atoms with E-state index < -0.39 is 18.3 Å². The van der Waals surface area contributed by atoms with Crippen LogP contribution in [0.3, 0.4) is 0 Å². The third-order valence-corrected chi connectivity index (χ3v) is 2.12. The lowest BCUT2D eigenvalue weighted by atomic mass is 10.1. The molecule has 0 aliphatic heterocycles. The Morgan fingerprint density at radius 2 is 2.00 bits per heavy atom. The second kappa shape index (κ2) is 5.01. The average molecular weight is 253 g/mol. The van der Waals surface area contributed by atoms with E-state index in [4.69, 9.17) is 4.52 Å². The van der Waals surface area contributed by atoms with Crippen molar-refractivity contribution in [3.8, 4) is 0 Å². The zero-order valence-corrected chi connectivity index (χ0v) is 9.76. The van der Waals surface area contributed by atoms with Crippen molar-refractivity contribution in [2.24, 2.45) is 0 Å². The van der Waals surface area contributed by atoms with Gasteiger partial charge in [-0.2, -0.15) is 18.2 Å². The summed E-state index contributed by atoms with van der Waals surface area (Å²) in [5, 5.41) is 6.47. The topological polar surface area (TPSA) is 60.2 Å². The number of alkyl halides is 3. The Bertz CT molecular complexity index is 363. The van der Waals surface area contributed by atoms with Crippen LogP contribution in [-0.2, 0) is 16.9 Å². The highest BCUT2D eigenvalue weighted by molar-refractivity contribution is 4.98. The first kappa shape index (κ1) is 13.9. The summed E-state index contributed by atoms with van der Waals surface area (Å²) in [6, 6.07) is 0. The minimum atomic E-state index is -4.35. The SMILES string of the molecule is CNC(C)(C)c1nc(COCC(F)(F)F)no1. The summed E-state index contributed by atoms with van der Waals surface area (Å²) in [7, 11) is 1.71. The van der Waals surface area contributed by atoms with E-state index in [0.717, 1.165) is 0 Å². The van der Waals surface area contributed by atoms with Gasteiger partial charge in [0.25, 0.3) is 0 Å². The standard InChI is InChI=1S/C9H14F3N3O2/c1-8(2,13-3)7-14-6(15-17-7)4-16-5-9(10,11)12/h13H,4-5H2,1-3H3. The van der Waals surface area contributed by atoms with Crippen LogP contribution < -0.4 is 5.32 Å². The van der Waals surface area contributed by atoms with Crippen molar-refractivity contribution in [2.45, 2.75) is 32.2 Å². The van der Waals surface area contributed by atoms with Gasteiger partial charge < -0.3 is 14.6 Å². The fourth-order valence-corrected chi connectivity index (χ4v) is 0.931. The van der Waals surface area contributed by atoms with Gasteiger partial charge in [0, 0.05) is 0 Å². The molecule has 0 aliphatic rings. The number of nitrogens with one attached hydrogen (secondary N) is 1. The van der Waals surface area contributed by atoms with Gasteiger partial charge in [0.2, 0.25) is 5.89 Å². The van der Waals surface area contributed by atoms with Gasteiger partial charge in [0.1, 0.15) is 13.2 Å². The molecule has 0 unspecified atom stereocenters. The minimum Gasteiger partial charge on any atom is -0.364 e. The number of hydrogen-bond acceptors (Lipinski definition) is 5. The van der Waals surface area contributed by atoms with Crippen molar-refractivity contribution in [3.05, 3.63) is 11.7 Å². The first-order valence-corrected chi connectivity index (χ1v) is 4.91. The minimum absolute atomic E-state index is 0.0903. The van der Waals surface area contributed by atoms with Gasteiger partial charge in [-0.05, 0) is 20.9 Å². The molecule has 1 rings (SSSR count). The number of rotatable bonds is 5. The van der Waals surface area contributed by atoms with Gasteiger partial charge >= 0.3 is 6.18 Å². The predicted molar refractivity (Wildman–Crippen MR) is 52.1 cm³/mol. The second-order valence-corrected chi connectivity index (χ2v) is 4.00. The van der Waals surface area contributed by atoms with Crippen LogP contribution in [0.2, 0.25) is 0 Å². The van der Waals surface area contributed by atoms with E-state index in [1.165, 1.54) is 0 Å². The summed E-state index contributed by atoms with van der Waals surface area (Å²) in [5.41, 5.74) is -0.532. The van der Waals surface area contributed by atoms with Crippen LogP contribution in [0.15, 0.2) is 4.52 Å². The normalized spacial score (nSPS) is 13.1. The third-order valence-electron chi connectivity index (χ3n) is 2.12. The second-order valence-electron chi connectivity index (χ2n) is 4.00. The highest BCUT2D eigenvalue weighted by atomic mass is 19.4. The van der Waals surface area contributed by atoms with Gasteiger partial charge in [0.15, 0.2) is 5.82 Å². The van der Waals surface area contributed by atoms with Crippen molar-refractivity contribution < 1.29 is 22.4 Å². The Labute approximate surface area is 96.3 Å².